The molecule has 1 fully saturated rings. The topological polar surface area (TPSA) is 80.1 Å². The summed E-state index contributed by atoms with van der Waals surface area (Å²) >= 11 is 0. The summed E-state index contributed by atoms with van der Waals surface area (Å²) in [6.07, 6.45) is 4.47. The zero-order valence-electron chi connectivity index (χ0n) is 17.1. The predicted octanol–water partition coefficient (Wildman–Crippen LogP) is 3.29. The first-order valence-corrected chi connectivity index (χ1v) is 9.87. The summed E-state index contributed by atoms with van der Waals surface area (Å²) in [6, 6.07) is 7.35. The Morgan fingerprint density at radius 1 is 1.29 bits per heavy atom. The second kappa shape index (κ2) is 8.12. The van der Waals surface area contributed by atoms with Gasteiger partial charge in [-0.2, -0.15) is 9.78 Å². The van der Waals surface area contributed by atoms with Crippen LogP contribution in [-0.2, 0) is 15.0 Å². The molecule has 0 radical (unpaired) electrons. The Labute approximate surface area is 166 Å². The second-order valence-electron chi connectivity index (χ2n) is 8.41. The Morgan fingerprint density at radius 2 is 2.07 bits per heavy atom. The van der Waals surface area contributed by atoms with E-state index in [9.17, 15) is 9.59 Å². The molecular weight excluding hydrogens is 354 g/mol. The van der Waals surface area contributed by atoms with Gasteiger partial charge in [0.2, 0.25) is 11.8 Å². The van der Waals surface area contributed by atoms with E-state index in [1.807, 2.05) is 36.1 Å². The molecule has 2 amide bonds. The zero-order valence-corrected chi connectivity index (χ0v) is 17.1. The van der Waals surface area contributed by atoms with Crippen LogP contribution in [0, 0.1) is 0 Å². The van der Waals surface area contributed by atoms with E-state index in [4.69, 9.17) is 0 Å². The molecule has 1 N–H and O–H groups in total. The number of nitrogens with zero attached hydrogens (tertiary/aromatic N) is 4. The third-order valence-corrected chi connectivity index (χ3v) is 4.98. The lowest BCUT2D eigenvalue weighted by atomic mass is 9.92. The summed E-state index contributed by atoms with van der Waals surface area (Å²) < 4.78 is 1.66. The molecule has 1 saturated heterocycles. The van der Waals surface area contributed by atoms with Crippen molar-refractivity contribution in [3.05, 3.63) is 36.2 Å². The lowest BCUT2D eigenvalue weighted by Gasteiger charge is -2.32. The van der Waals surface area contributed by atoms with Crippen LogP contribution >= 0.6 is 0 Å². The number of anilines is 1. The number of aromatic nitrogens is 3. The molecule has 0 spiro atoms. The van der Waals surface area contributed by atoms with Gasteiger partial charge in [-0.25, -0.2) is 4.98 Å². The average molecular weight is 383 g/mol. The summed E-state index contributed by atoms with van der Waals surface area (Å²) in [5.74, 6) is 1.24. The highest BCUT2D eigenvalue weighted by molar-refractivity contribution is 5.91. The number of carbonyl (C=O) groups excluding carboxylic acids is 2. The van der Waals surface area contributed by atoms with Crippen molar-refractivity contribution < 1.29 is 9.59 Å². The predicted molar refractivity (Wildman–Crippen MR) is 108 cm³/mol. The van der Waals surface area contributed by atoms with Gasteiger partial charge >= 0.3 is 0 Å². The van der Waals surface area contributed by atoms with Crippen LogP contribution in [0.2, 0.25) is 0 Å². The van der Waals surface area contributed by atoms with Gasteiger partial charge in [0.1, 0.15) is 5.82 Å². The Kier molecular flexibility index (Phi) is 5.82. The standard InChI is InChI=1S/C21H29N5O2/c1-15(25-12-8-6-10-20(25)28)13-19(27)23-18-14-16(21(2,3)4)24-26(18)17-9-5-7-11-22-17/h5,7,9,11,14-15H,6,8,10,12-13H2,1-4H3,(H,23,27). The van der Waals surface area contributed by atoms with Crippen molar-refractivity contribution in [2.75, 3.05) is 11.9 Å². The number of pyridine rings is 1. The fourth-order valence-corrected chi connectivity index (χ4v) is 3.36. The summed E-state index contributed by atoms with van der Waals surface area (Å²) in [5.41, 5.74) is 0.709. The average Bonchev–Trinajstić information content (AvgIpc) is 3.06. The molecule has 0 aromatic carbocycles. The van der Waals surface area contributed by atoms with Gasteiger partial charge in [-0.05, 0) is 31.9 Å². The summed E-state index contributed by atoms with van der Waals surface area (Å²) in [6.45, 7) is 8.89. The van der Waals surface area contributed by atoms with Crippen LogP contribution in [0.4, 0.5) is 5.82 Å². The normalized spacial score (nSPS) is 16.1. The summed E-state index contributed by atoms with van der Waals surface area (Å²) in [5, 5.41) is 7.63. The minimum absolute atomic E-state index is 0.124. The van der Waals surface area contributed by atoms with Crippen LogP contribution in [0.3, 0.4) is 0 Å². The molecule has 0 bridgehead atoms. The van der Waals surface area contributed by atoms with Crippen molar-refractivity contribution in [3.63, 3.8) is 0 Å². The molecule has 1 atom stereocenters. The van der Waals surface area contributed by atoms with Gasteiger partial charge in [0, 0.05) is 43.1 Å². The highest BCUT2D eigenvalue weighted by Gasteiger charge is 2.26. The maximum Gasteiger partial charge on any atom is 0.227 e. The number of piperidine rings is 1. The molecule has 7 heteroatoms. The smallest absolute Gasteiger partial charge is 0.227 e. The zero-order chi connectivity index (χ0) is 20.3. The molecule has 0 saturated carbocycles. The van der Waals surface area contributed by atoms with E-state index >= 15 is 0 Å². The quantitative estimate of drug-likeness (QED) is 0.859. The first kappa shape index (κ1) is 20.0. The van der Waals surface area contributed by atoms with E-state index in [2.05, 4.69) is 36.2 Å². The Morgan fingerprint density at radius 3 is 2.71 bits per heavy atom. The largest absolute Gasteiger partial charge is 0.339 e. The van der Waals surface area contributed by atoms with E-state index in [1.165, 1.54) is 0 Å². The third kappa shape index (κ3) is 4.58. The van der Waals surface area contributed by atoms with Gasteiger partial charge in [-0.15, -0.1) is 0 Å². The number of likely N-dealkylation sites (tertiary alicyclic amines) is 1. The molecular formula is C21H29N5O2. The SMILES string of the molecule is CC(CC(=O)Nc1cc(C(C)(C)C)nn1-c1ccccn1)N1CCCCC1=O. The lowest BCUT2D eigenvalue weighted by molar-refractivity contribution is -0.136. The van der Waals surface area contributed by atoms with E-state index in [0.717, 1.165) is 25.1 Å². The lowest BCUT2D eigenvalue weighted by Crippen LogP contribution is -2.43. The summed E-state index contributed by atoms with van der Waals surface area (Å²) in [4.78, 5) is 31.0. The maximum absolute atomic E-state index is 12.7. The minimum Gasteiger partial charge on any atom is -0.339 e. The van der Waals surface area contributed by atoms with Crippen LogP contribution in [0.15, 0.2) is 30.5 Å². The molecule has 28 heavy (non-hydrogen) atoms. The second-order valence-corrected chi connectivity index (χ2v) is 8.41. The fourth-order valence-electron chi connectivity index (χ4n) is 3.36. The molecule has 3 heterocycles. The van der Waals surface area contributed by atoms with E-state index in [1.54, 1.807) is 10.9 Å². The van der Waals surface area contributed by atoms with Gasteiger partial charge in [0.15, 0.2) is 5.82 Å². The molecule has 0 aliphatic carbocycles. The van der Waals surface area contributed by atoms with E-state index < -0.39 is 0 Å². The van der Waals surface area contributed by atoms with Crippen LogP contribution in [0.5, 0.6) is 0 Å². The highest BCUT2D eigenvalue weighted by Crippen LogP contribution is 2.26. The van der Waals surface area contributed by atoms with Crippen LogP contribution in [-0.4, -0.2) is 44.1 Å². The van der Waals surface area contributed by atoms with Crippen molar-refractivity contribution in [2.24, 2.45) is 0 Å². The number of rotatable bonds is 5. The Balaban J connectivity index is 1.78. The number of amides is 2. The maximum atomic E-state index is 12.7. The Bertz CT molecular complexity index is 838. The van der Waals surface area contributed by atoms with Gasteiger partial charge in [-0.1, -0.05) is 26.8 Å². The molecule has 7 nitrogen and oxygen atoms in total. The van der Waals surface area contributed by atoms with Gasteiger partial charge in [0.05, 0.1) is 5.69 Å². The molecule has 3 rings (SSSR count). The first-order chi connectivity index (χ1) is 13.3. The number of hydrogen-bond donors (Lipinski definition) is 1. The van der Waals surface area contributed by atoms with Crippen molar-refractivity contribution >= 4 is 17.6 Å². The first-order valence-electron chi connectivity index (χ1n) is 9.87. The molecule has 2 aromatic rings. The number of carbonyl (C=O) groups is 2. The van der Waals surface area contributed by atoms with Crippen LogP contribution < -0.4 is 5.32 Å². The van der Waals surface area contributed by atoms with E-state index in [0.29, 0.717) is 18.1 Å². The monoisotopic (exact) mass is 383 g/mol. The van der Waals surface area contributed by atoms with Crippen molar-refractivity contribution in [1.29, 1.82) is 0 Å². The Hall–Kier alpha value is -2.70. The summed E-state index contributed by atoms with van der Waals surface area (Å²) in [7, 11) is 0. The molecule has 2 aromatic heterocycles. The van der Waals surface area contributed by atoms with Gasteiger partial charge in [-0.3, -0.25) is 9.59 Å². The van der Waals surface area contributed by atoms with Gasteiger partial charge < -0.3 is 10.2 Å². The van der Waals surface area contributed by atoms with Crippen molar-refractivity contribution in [2.45, 2.75) is 64.8 Å². The van der Waals surface area contributed by atoms with Crippen molar-refractivity contribution in [3.8, 4) is 5.82 Å². The fraction of sp³-hybridized carbons (Fsp3) is 0.524. The molecule has 150 valence electrons. The van der Waals surface area contributed by atoms with Gasteiger partial charge in [0.25, 0.3) is 0 Å². The molecule has 1 aliphatic rings. The third-order valence-electron chi connectivity index (χ3n) is 4.98. The van der Waals surface area contributed by atoms with Crippen molar-refractivity contribution in [1.82, 2.24) is 19.7 Å². The molecule has 1 unspecified atom stereocenters. The van der Waals surface area contributed by atoms with Crippen LogP contribution in [0.1, 0.15) is 59.1 Å². The number of hydrogen-bond acceptors (Lipinski definition) is 4. The highest BCUT2D eigenvalue weighted by atomic mass is 16.2. The number of nitrogens with one attached hydrogen (secondary N) is 1. The van der Waals surface area contributed by atoms with Crippen LogP contribution in [0.25, 0.3) is 5.82 Å². The molecule has 1 aliphatic heterocycles. The minimum atomic E-state index is -0.160. The van der Waals surface area contributed by atoms with E-state index in [-0.39, 0.29) is 29.7 Å².